The summed E-state index contributed by atoms with van der Waals surface area (Å²) in [5, 5.41) is 3.41. The van der Waals surface area contributed by atoms with Gasteiger partial charge in [0.2, 0.25) is 0 Å². The Morgan fingerprint density at radius 2 is 2.19 bits per heavy atom. The molecule has 0 radical (unpaired) electrons. The van der Waals surface area contributed by atoms with E-state index in [-0.39, 0.29) is 0 Å². The number of ether oxygens (including phenoxy) is 1. The molecule has 1 aliphatic carbocycles. The van der Waals surface area contributed by atoms with E-state index < -0.39 is 0 Å². The smallest absolute Gasteiger partial charge is 0.137 e. The lowest BCUT2D eigenvalue weighted by Gasteiger charge is -2.20. The highest BCUT2D eigenvalue weighted by atomic mass is 16.5. The molecule has 1 aliphatic rings. The number of aromatic nitrogens is 1. The van der Waals surface area contributed by atoms with Crippen LogP contribution in [0.4, 0.5) is 5.82 Å². The van der Waals surface area contributed by atoms with Crippen LogP contribution >= 0.6 is 0 Å². The van der Waals surface area contributed by atoms with Gasteiger partial charge in [-0.2, -0.15) is 0 Å². The largest absolute Gasteiger partial charge is 0.495 e. The summed E-state index contributed by atoms with van der Waals surface area (Å²) in [7, 11) is 1.65. The van der Waals surface area contributed by atoms with E-state index in [0.29, 0.717) is 5.41 Å². The monoisotopic (exact) mass is 220 g/mol. The Morgan fingerprint density at radius 1 is 1.44 bits per heavy atom. The third-order valence-electron chi connectivity index (χ3n) is 3.71. The highest BCUT2D eigenvalue weighted by Gasteiger charge is 2.44. The van der Waals surface area contributed by atoms with E-state index in [9.17, 15) is 0 Å². The first kappa shape index (κ1) is 11.2. The van der Waals surface area contributed by atoms with Crippen molar-refractivity contribution in [3.63, 3.8) is 0 Å². The quantitative estimate of drug-likeness (QED) is 0.828. The van der Waals surface area contributed by atoms with E-state index in [2.05, 4.69) is 24.1 Å². The lowest BCUT2D eigenvalue weighted by atomic mass is 9.92. The summed E-state index contributed by atoms with van der Waals surface area (Å²) in [6.07, 6.45) is 4.43. The van der Waals surface area contributed by atoms with Crippen molar-refractivity contribution >= 4 is 5.82 Å². The van der Waals surface area contributed by atoms with Crippen LogP contribution in [0.2, 0.25) is 0 Å². The molecule has 0 unspecified atom stereocenters. The summed E-state index contributed by atoms with van der Waals surface area (Å²) in [5.74, 6) is 2.49. The van der Waals surface area contributed by atoms with Crippen LogP contribution in [-0.4, -0.2) is 18.6 Å². The van der Waals surface area contributed by atoms with Crippen molar-refractivity contribution in [2.75, 3.05) is 19.0 Å². The van der Waals surface area contributed by atoms with Crippen LogP contribution in [0.25, 0.3) is 0 Å². The maximum atomic E-state index is 5.07. The maximum Gasteiger partial charge on any atom is 0.137 e. The van der Waals surface area contributed by atoms with Gasteiger partial charge in [0, 0.05) is 6.54 Å². The number of hydrogen-bond acceptors (Lipinski definition) is 3. The molecule has 1 aromatic rings. The molecule has 0 aliphatic heterocycles. The third-order valence-corrected chi connectivity index (χ3v) is 3.71. The lowest BCUT2D eigenvalue weighted by Crippen LogP contribution is -2.21. The fourth-order valence-electron chi connectivity index (χ4n) is 1.99. The first-order valence-electron chi connectivity index (χ1n) is 5.90. The molecular formula is C13H20N2O. The second-order valence-corrected chi connectivity index (χ2v) is 4.95. The Labute approximate surface area is 97.2 Å². The van der Waals surface area contributed by atoms with Crippen LogP contribution in [0.1, 0.15) is 26.7 Å². The number of nitrogens with one attached hydrogen (secondary N) is 1. The molecule has 0 saturated heterocycles. The molecule has 2 rings (SSSR count). The Morgan fingerprint density at radius 3 is 2.62 bits per heavy atom. The molecule has 1 heterocycles. The molecule has 1 aromatic heterocycles. The summed E-state index contributed by atoms with van der Waals surface area (Å²) in [6.45, 7) is 5.64. The zero-order valence-corrected chi connectivity index (χ0v) is 10.3. The van der Waals surface area contributed by atoms with Gasteiger partial charge < -0.3 is 10.1 Å². The fourth-order valence-corrected chi connectivity index (χ4v) is 1.99. The van der Waals surface area contributed by atoms with Gasteiger partial charge in [-0.25, -0.2) is 4.98 Å². The molecule has 0 amide bonds. The topological polar surface area (TPSA) is 34.1 Å². The number of methoxy groups -OCH3 is 1. The lowest BCUT2D eigenvalue weighted by molar-refractivity contribution is 0.379. The van der Waals surface area contributed by atoms with E-state index in [1.54, 1.807) is 13.3 Å². The molecule has 3 heteroatoms. The summed E-state index contributed by atoms with van der Waals surface area (Å²) in [6, 6.07) is 3.90. The predicted octanol–water partition coefficient (Wildman–Crippen LogP) is 2.94. The van der Waals surface area contributed by atoms with Crippen molar-refractivity contribution in [2.45, 2.75) is 26.7 Å². The van der Waals surface area contributed by atoms with Crippen LogP contribution < -0.4 is 10.1 Å². The number of hydrogen-bond donors (Lipinski definition) is 1. The molecule has 1 fully saturated rings. The van der Waals surface area contributed by atoms with Gasteiger partial charge in [0.25, 0.3) is 0 Å². The van der Waals surface area contributed by atoms with Crippen molar-refractivity contribution in [3.8, 4) is 5.75 Å². The van der Waals surface area contributed by atoms with Crippen molar-refractivity contribution in [1.82, 2.24) is 4.98 Å². The highest BCUT2D eigenvalue weighted by Crippen LogP contribution is 2.51. The van der Waals surface area contributed by atoms with Crippen molar-refractivity contribution in [2.24, 2.45) is 11.3 Å². The zero-order valence-electron chi connectivity index (χ0n) is 10.3. The van der Waals surface area contributed by atoms with Crippen LogP contribution in [0.15, 0.2) is 18.3 Å². The number of pyridine rings is 1. The van der Waals surface area contributed by atoms with E-state index >= 15 is 0 Å². The molecule has 0 bridgehead atoms. The van der Waals surface area contributed by atoms with E-state index in [4.69, 9.17) is 4.74 Å². The summed E-state index contributed by atoms with van der Waals surface area (Å²) < 4.78 is 5.07. The van der Waals surface area contributed by atoms with Crippen LogP contribution in [0.3, 0.4) is 0 Å². The van der Waals surface area contributed by atoms with Gasteiger partial charge in [0.05, 0.1) is 13.3 Å². The number of nitrogens with zero attached hydrogens (tertiary/aromatic N) is 1. The molecule has 0 aromatic carbocycles. The van der Waals surface area contributed by atoms with Gasteiger partial charge in [-0.15, -0.1) is 0 Å². The minimum absolute atomic E-state index is 0.515. The van der Waals surface area contributed by atoms with Crippen molar-refractivity contribution in [1.29, 1.82) is 0 Å². The standard InChI is InChI=1S/C13H20N2O/c1-10(2)13(6-7-13)9-15-12-5-4-11(16-3)8-14-12/h4-5,8,10H,6-7,9H2,1-3H3,(H,14,15). The Balaban J connectivity index is 1.90. The highest BCUT2D eigenvalue weighted by molar-refractivity contribution is 5.38. The minimum atomic E-state index is 0.515. The van der Waals surface area contributed by atoms with Crippen molar-refractivity contribution in [3.05, 3.63) is 18.3 Å². The SMILES string of the molecule is COc1ccc(NCC2(C(C)C)CC2)nc1. The normalized spacial score (nSPS) is 17.2. The summed E-state index contributed by atoms with van der Waals surface area (Å²) >= 11 is 0. The maximum absolute atomic E-state index is 5.07. The van der Waals surface area contributed by atoms with Crippen molar-refractivity contribution < 1.29 is 4.74 Å². The van der Waals surface area contributed by atoms with E-state index in [0.717, 1.165) is 24.0 Å². The second-order valence-electron chi connectivity index (χ2n) is 4.95. The molecule has 1 saturated carbocycles. The summed E-state index contributed by atoms with van der Waals surface area (Å²) in [4.78, 5) is 4.30. The number of rotatable bonds is 5. The molecular weight excluding hydrogens is 200 g/mol. The first-order chi connectivity index (χ1) is 7.66. The first-order valence-corrected chi connectivity index (χ1v) is 5.90. The van der Waals surface area contributed by atoms with Gasteiger partial charge in [-0.05, 0) is 36.3 Å². The van der Waals surface area contributed by atoms with Gasteiger partial charge in [-0.3, -0.25) is 0 Å². The van der Waals surface area contributed by atoms with E-state index in [1.807, 2.05) is 12.1 Å². The predicted molar refractivity (Wildman–Crippen MR) is 65.8 cm³/mol. The van der Waals surface area contributed by atoms with Crippen LogP contribution in [0, 0.1) is 11.3 Å². The van der Waals surface area contributed by atoms with Gasteiger partial charge in [-0.1, -0.05) is 13.8 Å². The molecule has 16 heavy (non-hydrogen) atoms. The summed E-state index contributed by atoms with van der Waals surface area (Å²) in [5.41, 5.74) is 0.515. The molecule has 0 spiro atoms. The zero-order chi connectivity index (χ0) is 11.6. The van der Waals surface area contributed by atoms with Gasteiger partial charge in [0.1, 0.15) is 11.6 Å². The molecule has 1 N–H and O–H groups in total. The Hall–Kier alpha value is -1.25. The molecule has 0 atom stereocenters. The second kappa shape index (κ2) is 4.32. The average molecular weight is 220 g/mol. The molecule has 3 nitrogen and oxygen atoms in total. The van der Waals surface area contributed by atoms with Crippen LogP contribution in [-0.2, 0) is 0 Å². The van der Waals surface area contributed by atoms with Gasteiger partial charge in [0.15, 0.2) is 0 Å². The van der Waals surface area contributed by atoms with E-state index in [1.165, 1.54) is 12.8 Å². The Bertz CT molecular complexity index is 341. The minimum Gasteiger partial charge on any atom is -0.495 e. The molecule has 88 valence electrons. The third kappa shape index (κ3) is 2.29. The van der Waals surface area contributed by atoms with Crippen LogP contribution in [0.5, 0.6) is 5.75 Å². The fraction of sp³-hybridized carbons (Fsp3) is 0.615. The number of anilines is 1. The van der Waals surface area contributed by atoms with Gasteiger partial charge >= 0.3 is 0 Å². The Kier molecular flexibility index (Phi) is 3.03. The average Bonchev–Trinajstić information content (AvgIpc) is 3.08.